The Kier molecular flexibility index (Phi) is 2.73. The molecule has 1 atom stereocenters. The Balaban J connectivity index is 2.13. The molecule has 88 valence electrons. The van der Waals surface area contributed by atoms with Crippen molar-refractivity contribution in [3.8, 4) is 0 Å². The molecule has 3 rings (SSSR count). The monoisotopic (exact) mass is 228 g/mol. The third-order valence-corrected chi connectivity index (χ3v) is 3.30. The van der Waals surface area contributed by atoms with Gasteiger partial charge in [0.2, 0.25) is 0 Å². The van der Waals surface area contributed by atoms with E-state index in [-0.39, 0.29) is 0 Å². The van der Waals surface area contributed by atoms with E-state index in [1.807, 2.05) is 13.0 Å². The summed E-state index contributed by atoms with van der Waals surface area (Å²) in [4.78, 5) is 13.3. The lowest BCUT2D eigenvalue weighted by molar-refractivity contribution is 0.456. The predicted molar refractivity (Wildman–Crippen MR) is 66.9 cm³/mol. The van der Waals surface area contributed by atoms with Crippen LogP contribution in [0.25, 0.3) is 11.0 Å². The molecule has 0 radical (unpaired) electrons. The maximum Gasteiger partial charge on any atom is 0.163 e. The van der Waals surface area contributed by atoms with Gasteiger partial charge in [-0.3, -0.25) is 0 Å². The first-order valence-electron chi connectivity index (χ1n) is 6.14. The van der Waals surface area contributed by atoms with Gasteiger partial charge < -0.3 is 5.32 Å². The first kappa shape index (κ1) is 10.6. The minimum Gasteiger partial charge on any atom is -0.316 e. The highest BCUT2D eigenvalue weighted by Gasteiger charge is 2.19. The SMILES string of the molecule is Cc1nc([C@H]2CCCNC2)c2cccnc2n1. The Bertz CT molecular complexity index is 532. The summed E-state index contributed by atoms with van der Waals surface area (Å²) in [6, 6.07) is 4.03. The van der Waals surface area contributed by atoms with Crippen molar-refractivity contribution >= 4 is 11.0 Å². The molecular weight excluding hydrogens is 212 g/mol. The minimum absolute atomic E-state index is 0.497. The summed E-state index contributed by atoms with van der Waals surface area (Å²) in [7, 11) is 0. The highest BCUT2D eigenvalue weighted by atomic mass is 15.0. The van der Waals surface area contributed by atoms with Gasteiger partial charge >= 0.3 is 0 Å². The van der Waals surface area contributed by atoms with Crippen molar-refractivity contribution in [2.45, 2.75) is 25.7 Å². The second-order valence-corrected chi connectivity index (χ2v) is 4.57. The lowest BCUT2D eigenvalue weighted by Gasteiger charge is -2.23. The van der Waals surface area contributed by atoms with E-state index >= 15 is 0 Å². The number of aromatic nitrogens is 3. The van der Waals surface area contributed by atoms with E-state index in [4.69, 9.17) is 0 Å². The zero-order valence-electron chi connectivity index (χ0n) is 9.98. The average Bonchev–Trinajstić information content (AvgIpc) is 2.39. The standard InChI is InChI=1S/C13H16N4/c1-9-16-12(10-4-2-6-14-8-10)11-5-3-7-15-13(11)17-9/h3,5,7,10,14H,2,4,6,8H2,1H3/t10-/m0/s1. The van der Waals surface area contributed by atoms with Crippen molar-refractivity contribution in [3.63, 3.8) is 0 Å². The summed E-state index contributed by atoms with van der Waals surface area (Å²) < 4.78 is 0. The maximum absolute atomic E-state index is 4.63. The molecule has 0 amide bonds. The van der Waals surface area contributed by atoms with Crippen LogP contribution >= 0.6 is 0 Å². The Labute approximate surface area is 101 Å². The molecule has 0 spiro atoms. The molecule has 4 heteroatoms. The molecule has 1 N–H and O–H groups in total. The number of hydrogen-bond donors (Lipinski definition) is 1. The summed E-state index contributed by atoms with van der Waals surface area (Å²) >= 11 is 0. The van der Waals surface area contributed by atoms with Gasteiger partial charge in [-0.15, -0.1) is 0 Å². The van der Waals surface area contributed by atoms with E-state index in [1.54, 1.807) is 6.20 Å². The summed E-state index contributed by atoms with van der Waals surface area (Å²) in [5, 5.41) is 4.54. The molecule has 2 aromatic rings. The zero-order chi connectivity index (χ0) is 11.7. The van der Waals surface area contributed by atoms with Crippen LogP contribution < -0.4 is 5.32 Å². The van der Waals surface area contributed by atoms with Crippen LogP contribution in [0.1, 0.15) is 30.3 Å². The number of nitrogens with one attached hydrogen (secondary N) is 1. The van der Waals surface area contributed by atoms with Crippen molar-refractivity contribution in [2.24, 2.45) is 0 Å². The van der Waals surface area contributed by atoms with Crippen LogP contribution in [-0.2, 0) is 0 Å². The Hall–Kier alpha value is -1.55. The number of nitrogens with zero attached hydrogens (tertiary/aromatic N) is 3. The highest BCUT2D eigenvalue weighted by Crippen LogP contribution is 2.26. The zero-order valence-corrected chi connectivity index (χ0v) is 9.98. The fourth-order valence-corrected chi connectivity index (χ4v) is 2.50. The third-order valence-electron chi connectivity index (χ3n) is 3.30. The first-order chi connectivity index (χ1) is 8.34. The molecule has 0 aromatic carbocycles. The summed E-state index contributed by atoms with van der Waals surface area (Å²) in [5.74, 6) is 1.31. The molecule has 1 aliphatic heterocycles. The minimum atomic E-state index is 0.497. The van der Waals surface area contributed by atoms with E-state index in [9.17, 15) is 0 Å². The van der Waals surface area contributed by atoms with Gasteiger partial charge in [-0.2, -0.15) is 0 Å². The molecule has 1 saturated heterocycles. The molecule has 0 aliphatic carbocycles. The van der Waals surface area contributed by atoms with Gasteiger partial charge in [-0.25, -0.2) is 15.0 Å². The van der Waals surface area contributed by atoms with Crippen LogP contribution in [0.3, 0.4) is 0 Å². The molecule has 4 nitrogen and oxygen atoms in total. The van der Waals surface area contributed by atoms with E-state index in [2.05, 4.69) is 26.3 Å². The molecule has 3 heterocycles. The molecule has 1 aliphatic rings. The Morgan fingerprint density at radius 1 is 1.35 bits per heavy atom. The smallest absolute Gasteiger partial charge is 0.163 e. The van der Waals surface area contributed by atoms with Crippen molar-refractivity contribution in [1.82, 2.24) is 20.3 Å². The second-order valence-electron chi connectivity index (χ2n) is 4.57. The van der Waals surface area contributed by atoms with Crippen molar-refractivity contribution in [2.75, 3.05) is 13.1 Å². The van der Waals surface area contributed by atoms with Crippen molar-refractivity contribution < 1.29 is 0 Å². The number of rotatable bonds is 1. The van der Waals surface area contributed by atoms with Crippen molar-refractivity contribution in [1.29, 1.82) is 0 Å². The van der Waals surface area contributed by atoms with E-state index in [0.29, 0.717) is 5.92 Å². The summed E-state index contributed by atoms with van der Waals surface area (Å²) in [5.41, 5.74) is 1.98. The molecule has 1 fully saturated rings. The average molecular weight is 228 g/mol. The third kappa shape index (κ3) is 2.00. The van der Waals surface area contributed by atoms with Gasteiger partial charge in [0.1, 0.15) is 5.82 Å². The Morgan fingerprint density at radius 2 is 2.29 bits per heavy atom. The van der Waals surface area contributed by atoms with Crippen LogP contribution in [0.5, 0.6) is 0 Å². The van der Waals surface area contributed by atoms with E-state index in [1.165, 1.54) is 12.8 Å². The maximum atomic E-state index is 4.63. The molecule has 0 saturated carbocycles. The van der Waals surface area contributed by atoms with E-state index in [0.717, 1.165) is 35.6 Å². The lowest BCUT2D eigenvalue weighted by Crippen LogP contribution is -2.29. The second kappa shape index (κ2) is 4.37. The number of piperidine rings is 1. The van der Waals surface area contributed by atoms with Crippen LogP contribution in [0.2, 0.25) is 0 Å². The number of fused-ring (bicyclic) bond motifs is 1. The van der Waals surface area contributed by atoms with Crippen LogP contribution in [0, 0.1) is 6.92 Å². The van der Waals surface area contributed by atoms with Crippen LogP contribution in [0.4, 0.5) is 0 Å². The molecule has 0 bridgehead atoms. The lowest BCUT2D eigenvalue weighted by atomic mass is 9.94. The van der Waals surface area contributed by atoms with Gasteiger partial charge in [-0.1, -0.05) is 0 Å². The number of pyridine rings is 1. The Morgan fingerprint density at radius 3 is 3.12 bits per heavy atom. The number of hydrogen-bond acceptors (Lipinski definition) is 4. The quantitative estimate of drug-likeness (QED) is 0.808. The van der Waals surface area contributed by atoms with Gasteiger partial charge in [0, 0.05) is 24.0 Å². The van der Waals surface area contributed by atoms with Gasteiger partial charge in [0.05, 0.1) is 5.69 Å². The molecule has 0 unspecified atom stereocenters. The fraction of sp³-hybridized carbons (Fsp3) is 0.462. The largest absolute Gasteiger partial charge is 0.316 e. The normalized spacial score (nSPS) is 20.6. The fourth-order valence-electron chi connectivity index (χ4n) is 2.50. The number of aryl methyl sites for hydroxylation is 1. The first-order valence-corrected chi connectivity index (χ1v) is 6.14. The topological polar surface area (TPSA) is 50.7 Å². The van der Waals surface area contributed by atoms with Gasteiger partial charge in [0.25, 0.3) is 0 Å². The van der Waals surface area contributed by atoms with Gasteiger partial charge in [0.15, 0.2) is 5.65 Å². The predicted octanol–water partition coefficient (Wildman–Crippen LogP) is 1.80. The molecular formula is C13H16N4. The van der Waals surface area contributed by atoms with Gasteiger partial charge in [-0.05, 0) is 38.4 Å². The molecule has 17 heavy (non-hydrogen) atoms. The highest BCUT2D eigenvalue weighted by molar-refractivity contribution is 5.77. The summed E-state index contributed by atoms with van der Waals surface area (Å²) in [6.07, 6.45) is 4.21. The van der Waals surface area contributed by atoms with Crippen LogP contribution in [-0.4, -0.2) is 28.0 Å². The van der Waals surface area contributed by atoms with Crippen molar-refractivity contribution in [3.05, 3.63) is 29.8 Å². The van der Waals surface area contributed by atoms with E-state index < -0.39 is 0 Å². The molecule has 2 aromatic heterocycles. The summed E-state index contributed by atoms with van der Waals surface area (Å²) in [6.45, 7) is 4.07. The van der Waals surface area contributed by atoms with Crippen LogP contribution in [0.15, 0.2) is 18.3 Å².